The van der Waals surface area contributed by atoms with Crippen LogP contribution in [0.1, 0.15) is 55.7 Å². The van der Waals surface area contributed by atoms with Crippen LogP contribution in [-0.4, -0.2) is 54.6 Å². The van der Waals surface area contributed by atoms with Gasteiger partial charge in [0.15, 0.2) is 0 Å². The average molecular weight is 609 g/mol. The van der Waals surface area contributed by atoms with Crippen molar-refractivity contribution >= 4 is 21.6 Å². The van der Waals surface area contributed by atoms with E-state index in [1.54, 1.807) is 13.8 Å². The van der Waals surface area contributed by atoms with Gasteiger partial charge in [-0.05, 0) is 69.7 Å². The number of carbonyl (C=O) groups is 1. The van der Waals surface area contributed by atoms with Gasteiger partial charge in [-0.2, -0.15) is 26.3 Å². The molecule has 0 spiro atoms. The number of hydrogen-bond acceptors (Lipinski definition) is 5. The molecule has 2 aromatic rings. The molecule has 1 saturated carbocycles. The summed E-state index contributed by atoms with van der Waals surface area (Å²) in [6, 6.07) is 6.35. The molecule has 0 aromatic heterocycles. The molecule has 3 atom stereocenters. The summed E-state index contributed by atoms with van der Waals surface area (Å²) in [5.41, 5.74) is -7.21. The minimum Gasteiger partial charge on any atom is -0.391 e. The fraction of sp³-hybridized carbons (Fsp3) is 0.519. The summed E-state index contributed by atoms with van der Waals surface area (Å²) >= 11 is 0. The molecule has 1 aliphatic heterocycles. The number of halogens is 6. The molecule has 0 radical (unpaired) electrons. The third kappa shape index (κ3) is 5.53. The molecular formula is C27H30F6N2O5S. The van der Waals surface area contributed by atoms with Crippen LogP contribution >= 0.6 is 0 Å². The minimum atomic E-state index is -6.11. The van der Waals surface area contributed by atoms with Gasteiger partial charge in [0.2, 0.25) is 5.91 Å². The fourth-order valence-corrected chi connectivity index (χ4v) is 7.28. The Bertz CT molecular complexity index is 1400. The molecule has 2 aliphatic rings. The summed E-state index contributed by atoms with van der Waals surface area (Å²) in [5, 5.41) is 22.9. The topological polar surface area (TPSA) is 107 Å². The normalized spacial score (nSPS) is 23.8. The number of fused-ring (bicyclic) bond motifs is 1. The second-order valence-electron chi connectivity index (χ2n) is 10.9. The van der Waals surface area contributed by atoms with E-state index in [-0.39, 0.29) is 35.4 Å². The molecule has 1 aliphatic carbocycles. The first-order valence-electron chi connectivity index (χ1n) is 12.9. The molecule has 41 heavy (non-hydrogen) atoms. The van der Waals surface area contributed by atoms with Crippen molar-refractivity contribution in [3.05, 3.63) is 59.2 Å². The summed E-state index contributed by atoms with van der Waals surface area (Å²) in [4.78, 5) is 12.9. The SMILES string of the molecule is Cc1ccc(S(=O)(=O)N2c3ccc(C(O)(C(F)(F)F)C(F)(F)F)cc3CC[C@H]2CC(=O)N[C@]2(C)CCC[C@H]2O)cc1. The molecule has 1 fully saturated rings. The van der Waals surface area contributed by atoms with Crippen molar-refractivity contribution in [3.8, 4) is 0 Å². The lowest BCUT2D eigenvalue weighted by Gasteiger charge is -2.39. The number of aliphatic hydroxyl groups is 2. The second-order valence-corrected chi connectivity index (χ2v) is 12.7. The molecule has 1 heterocycles. The van der Waals surface area contributed by atoms with Gasteiger partial charge in [0.25, 0.3) is 15.6 Å². The molecule has 0 saturated heterocycles. The second kappa shape index (κ2) is 10.5. The number of sulfonamides is 1. The van der Waals surface area contributed by atoms with Crippen LogP contribution in [0.4, 0.5) is 32.0 Å². The zero-order chi connectivity index (χ0) is 30.6. The van der Waals surface area contributed by atoms with Crippen LogP contribution in [0.5, 0.6) is 0 Å². The smallest absolute Gasteiger partial charge is 0.391 e. The standard InChI is InChI=1S/C27H30F6N2O5S/c1-16-5-10-20(11-6-16)41(39,40)35-19(15-23(37)34-24(2)13-3-4-22(24)36)9-7-17-14-18(8-12-21(17)35)25(38,26(28,29)30)27(31,32)33/h5-6,8,10-12,14,19,22,36,38H,3-4,7,9,13,15H2,1-2H3,(H,34,37)/t19-,22+,24+/m0/s1. The zero-order valence-electron chi connectivity index (χ0n) is 22.2. The monoisotopic (exact) mass is 608 g/mol. The quantitative estimate of drug-likeness (QED) is 0.415. The number of rotatable bonds is 6. The molecule has 226 valence electrons. The van der Waals surface area contributed by atoms with Crippen LogP contribution in [0.25, 0.3) is 0 Å². The molecule has 4 rings (SSSR count). The Morgan fingerprint density at radius 2 is 1.66 bits per heavy atom. The van der Waals surface area contributed by atoms with Crippen molar-refractivity contribution in [2.24, 2.45) is 0 Å². The van der Waals surface area contributed by atoms with Crippen molar-refractivity contribution in [2.45, 2.75) is 92.9 Å². The summed E-state index contributed by atoms with van der Waals surface area (Å²) in [6.07, 6.45) is -12.0. The van der Waals surface area contributed by atoms with Gasteiger partial charge in [-0.25, -0.2) is 8.42 Å². The molecule has 1 amide bonds. The number of carbonyl (C=O) groups excluding carboxylic acids is 1. The lowest BCUT2D eigenvalue weighted by atomic mass is 9.87. The first-order valence-corrected chi connectivity index (χ1v) is 14.3. The molecule has 0 unspecified atom stereocenters. The highest BCUT2D eigenvalue weighted by molar-refractivity contribution is 7.92. The van der Waals surface area contributed by atoms with Crippen LogP contribution in [0.3, 0.4) is 0 Å². The maximum atomic E-state index is 13.9. The molecule has 2 aromatic carbocycles. The van der Waals surface area contributed by atoms with E-state index in [0.717, 1.165) is 15.9 Å². The van der Waals surface area contributed by atoms with Crippen LogP contribution in [0.2, 0.25) is 0 Å². The first kappa shape index (κ1) is 31.1. The van der Waals surface area contributed by atoms with Gasteiger partial charge in [-0.3, -0.25) is 9.10 Å². The van der Waals surface area contributed by atoms with Crippen molar-refractivity contribution in [1.29, 1.82) is 0 Å². The molecule has 7 nitrogen and oxygen atoms in total. The Hall–Kier alpha value is -2.84. The average Bonchev–Trinajstić information content (AvgIpc) is 3.18. The molecule has 14 heteroatoms. The van der Waals surface area contributed by atoms with E-state index in [2.05, 4.69) is 5.32 Å². The van der Waals surface area contributed by atoms with Crippen LogP contribution < -0.4 is 9.62 Å². The van der Waals surface area contributed by atoms with Gasteiger partial charge in [0, 0.05) is 12.0 Å². The Morgan fingerprint density at radius 3 is 2.20 bits per heavy atom. The summed E-state index contributed by atoms with van der Waals surface area (Å²) in [6.45, 7) is 3.39. The van der Waals surface area contributed by atoms with Crippen molar-refractivity contribution in [2.75, 3.05) is 4.31 Å². The summed E-state index contributed by atoms with van der Waals surface area (Å²) in [5.74, 6) is -0.564. The third-order valence-corrected chi connectivity index (χ3v) is 9.85. The zero-order valence-corrected chi connectivity index (χ0v) is 23.0. The van der Waals surface area contributed by atoms with E-state index in [1.807, 2.05) is 0 Å². The largest absolute Gasteiger partial charge is 0.430 e. The minimum absolute atomic E-state index is 0.106. The Kier molecular flexibility index (Phi) is 7.93. The maximum Gasteiger partial charge on any atom is 0.430 e. The lowest BCUT2D eigenvalue weighted by molar-refractivity contribution is -0.376. The Labute approximate surface area is 233 Å². The first-order chi connectivity index (χ1) is 18.8. The van der Waals surface area contributed by atoms with Gasteiger partial charge in [-0.15, -0.1) is 0 Å². The van der Waals surface area contributed by atoms with Crippen molar-refractivity contribution < 1.29 is 49.8 Å². The van der Waals surface area contributed by atoms with Crippen LogP contribution in [-0.2, 0) is 26.8 Å². The number of amides is 1. The highest BCUT2D eigenvalue weighted by Gasteiger charge is 2.71. The van der Waals surface area contributed by atoms with Gasteiger partial charge < -0.3 is 15.5 Å². The van der Waals surface area contributed by atoms with Crippen molar-refractivity contribution in [3.63, 3.8) is 0 Å². The number of alkyl halides is 6. The third-order valence-electron chi connectivity index (χ3n) is 7.97. The fourth-order valence-electron chi connectivity index (χ4n) is 5.56. The van der Waals surface area contributed by atoms with Crippen LogP contribution in [0.15, 0.2) is 47.4 Å². The van der Waals surface area contributed by atoms with Gasteiger partial charge in [0.1, 0.15) is 0 Å². The number of nitrogens with one attached hydrogen (secondary N) is 1. The van der Waals surface area contributed by atoms with Crippen LogP contribution in [0, 0.1) is 6.92 Å². The number of benzene rings is 2. The highest BCUT2D eigenvalue weighted by atomic mass is 32.2. The summed E-state index contributed by atoms with van der Waals surface area (Å²) < 4.78 is 110. The van der Waals surface area contributed by atoms with E-state index in [9.17, 15) is 49.8 Å². The van der Waals surface area contributed by atoms with Gasteiger partial charge >= 0.3 is 12.4 Å². The molecule has 3 N–H and O–H groups in total. The van der Waals surface area contributed by atoms with E-state index >= 15 is 0 Å². The predicted molar refractivity (Wildman–Crippen MR) is 136 cm³/mol. The van der Waals surface area contributed by atoms with E-state index in [1.165, 1.54) is 24.3 Å². The van der Waals surface area contributed by atoms with Crippen molar-refractivity contribution in [1.82, 2.24) is 5.32 Å². The Morgan fingerprint density at radius 1 is 1.05 bits per heavy atom. The molecular weight excluding hydrogens is 578 g/mol. The van der Waals surface area contributed by atoms with Gasteiger partial charge in [-0.1, -0.05) is 29.8 Å². The van der Waals surface area contributed by atoms with Gasteiger partial charge in [0.05, 0.1) is 28.3 Å². The predicted octanol–water partition coefficient (Wildman–Crippen LogP) is 4.63. The maximum absolute atomic E-state index is 13.9. The number of aryl methyl sites for hydroxylation is 2. The Balaban J connectivity index is 1.78. The van der Waals surface area contributed by atoms with E-state index < -0.39 is 57.1 Å². The number of hydrogen-bond donors (Lipinski definition) is 3. The van der Waals surface area contributed by atoms with E-state index in [4.69, 9.17) is 0 Å². The highest BCUT2D eigenvalue weighted by Crippen LogP contribution is 2.51. The van der Waals surface area contributed by atoms with E-state index in [0.29, 0.717) is 31.4 Å². The number of aliphatic hydroxyl groups excluding tert-OH is 1. The lowest BCUT2D eigenvalue weighted by Crippen LogP contribution is -2.54. The summed E-state index contributed by atoms with van der Waals surface area (Å²) in [7, 11) is -4.45. The number of anilines is 1. The molecule has 0 bridgehead atoms. The number of nitrogens with zero attached hydrogens (tertiary/aromatic N) is 1.